The summed E-state index contributed by atoms with van der Waals surface area (Å²) in [5.74, 6) is -1.57. The van der Waals surface area contributed by atoms with Crippen molar-refractivity contribution in [3.8, 4) is 0 Å². The molecule has 0 bridgehead atoms. The zero-order valence-corrected chi connectivity index (χ0v) is 19.5. The molecule has 11 nitrogen and oxygen atoms in total. The summed E-state index contributed by atoms with van der Waals surface area (Å²) in [6, 6.07) is 2.96. The molecule has 0 spiro atoms. The fraction of sp³-hybridized carbons (Fsp3) is 0.263. The van der Waals surface area contributed by atoms with Crippen LogP contribution in [0.15, 0.2) is 27.2 Å². The number of carbonyl (C=O) groups excluding carboxylic acids is 3. The number of ketones is 1. The number of hydrogen-bond acceptors (Lipinski definition) is 9. The molecule has 0 aliphatic carbocycles. The Labute approximate surface area is 193 Å². The van der Waals surface area contributed by atoms with Crippen molar-refractivity contribution >= 4 is 55.7 Å². The van der Waals surface area contributed by atoms with Gasteiger partial charge in [-0.1, -0.05) is 0 Å². The number of halogens is 1. The summed E-state index contributed by atoms with van der Waals surface area (Å²) in [5.41, 5.74) is 0.554. The van der Waals surface area contributed by atoms with Crippen LogP contribution < -0.4 is 5.32 Å². The Kier molecular flexibility index (Phi) is 6.89. The smallest absolute Gasteiger partial charge is 0.404 e. The molecule has 3 rings (SSSR count). The van der Waals surface area contributed by atoms with Crippen LogP contribution in [0.1, 0.15) is 55.8 Å². The van der Waals surface area contributed by atoms with E-state index in [-0.39, 0.29) is 45.6 Å². The van der Waals surface area contributed by atoms with Crippen LogP contribution in [0.25, 0.3) is 0 Å². The van der Waals surface area contributed by atoms with Crippen LogP contribution in [-0.4, -0.2) is 39.0 Å². The Bertz CT molecular complexity index is 1230. The number of Topliss-reactive ketones (excluding diaryl/α,β-unsaturated/α-hetero) is 1. The van der Waals surface area contributed by atoms with Gasteiger partial charge in [0, 0.05) is 0 Å². The molecular formula is C19H17BrN4O7S. The van der Waals surface area contributed by atoms with Crippen molar-refractivity contribution < 1.29 is 28.5 Å². The number of nitrogens with one attached hydrogen (secondary N) is 1. The number of amides is 1. The van der Waals surface area contributed by atoms with Gasteiger partial charge in [-0.15, -0.1) is 11.3 Å². The maximum atomic E-state index is 12.7. The summed E-state index contributed by atoms with van der Waals surface area (Å²) in [5, 5.41) is 17.5. The second kappa shape index (κ2) is 9.44. The second-order valence-corrected chi connectivity index (χ2v) is 8.39. The average molecular weight is 525 g/mol. The quantitative estimate of drug-likeness (QED) is 0.199. The maximum Gasteiger partial charge on any atom is 0.404 e. The Morgan fingerprint density at radius 1 is 1.38 bits per heavy atom. The summed E-state index contributed by atoms with van der Waals surface area (Å²) in [7, 11) is 0. The Morgan fingerprint density at radius 2 is 2.09 bits per heavy atom. The SMILES string of the molecule is CCOC(=O)c1c(NC(=O)c2ccc(Cn3cc(Br)c([N+](=O)[O-])n3)o2)sc(C(C)=O)c1C. The molecule has 0 saturated heterocycles. The highest BCUT2D eigenvalue weighted by atomic mass is 79.9. The molecular weight excluding hydrogens is 508 g/mol. The highest BCUT2D eigenvalue weighted by Crippen LogP contribution is 2.34. The van der Waals surface area contributed by atoms with Crippen LogP contribution in [-0.2, 0) is 11.3 Å². The summed E-state index contributed by atoms with van der Waals surface area (Å²) in [6.07, 6.45) is 1.42. The van der Waals surface area contributed by atoms with Gasteiger partial charge in [0.25, 0.3) is 5.91 Å². The molecule has 3 heterocycles. The molecule has 1 amide bonds. The third-order valence-electron chi connectivity index (χ3n) is 4.25. The van der Waals surface area contributed by atoms with Crippen LogP contribution >= 0.6 is 27.3 Å². The van der Waals surface area contributed by atoms with E-state index in [4.69, 9.17) is 9.15 Å². The lowest BCUT2D eigenvalue weighted by molar-refractivity contribution is -0.390. The molecule has 0 atom stereocenters. The Hall–Kier alpha value is -3.32. The number of aromatic nitrogens is 2. The van der Waals surface area contributed by atoms with Gasteiger partial charge in [0.1, 0.15) is 21.8 Å². The average Bonchev–Trinajstić information content (AvgIpc) is 3.40. The van der Waals surface area contributed by atoms with Crippen molar-refractivity contribution in [1.29, 1.82) is 0 Å². The number of nitro groups is 1. The van der Waals surface area contributed by atoms with Crippen molar-refractivity contribution in [1.82, 2.24) is 9.78 Å². The molecule has 1 N–H and O–H groups in total. The summed E-state index contributed by atoms with van der Waals surface area (Å²) < 4.78 is 12.1. The van der Waals surface area contributed by atoms with Gasteiger partial charge >= 0.3 is 11.8 Å². The first-order chi connectivity index (χ1) is 15.1. The second-order valence-electron chi connectivity index (χ2n) is 6.51. The number of nitrogens with zero attached hydrogens (tertiary/aromatic N) is 3. The first-order valence-electron chi connectivity index (χ1n) is 9.21. The minimum absolute atomic E-state index is 0.0500. The highest BCUT2D eigenvalue weighted by molar-refractivity contribution is 9.10. The van der Waals surface area contributed by atoms with Crippen LogP contribution in [0.5, 0.6) is 0 Å². The van der Waals surface area contributed by atoms with Crippen LogP contribution in [0.3, 0.4) is 0 Å². The molecule has 32 heavy (non-hydrogen) atoms. The molecule has 3 aromatic rings. The summed E-state index contributed by atoms with van der Waals surface area (Å²) in [4.78, 5) is 47.6. The fourth-order valence-electron chi connectivity index (χ4n) is 2.89. The molecule has 13 heteroatoms. The molecule has 0 saturated carbocycles. The Balaban J connectivity index is 1.81. The van der Waals surface area contributed by atoms with E-state index in [1.807, 2.05) is 0 Å². The number of furan rings is 1. The first kappa shape index (κ1) is 23.3. The maximum absolute atomic E-state index is 12.7. The molecule has 0 aliphatic heterocycles. The third-order valence-corrected chi connectivity index (χ3v) is 6.12. The van der Waals surface area contributed by atoms with Gasteiger partial charge < -0.3 is 24.6 Å². The molecule has 0 aliphatic rings. The topological polar surface area (TPSA) is 147 Å². The van der Waals surface area contributed by atoms with Crippen molar-refractivity contribution in [3.05, 3.63) is 60.4 Å². The minimum atomic E-state index is -0.643. The van der Waals surface area contributed by atoms with Crippen LogP contribution in [0, 0.1) is 17.0 Å². The number of anilines is 1. The summed E-state index contributed by atoms with van der Waals surface area (Å²) >= 11 is 4.04. The molecule has 0 aromatic carbocycles. The van der Waals surface area contributed by atoms with Gasteiger partial charge in [0.2, 0.25) is 0 Å². The molecule has 0 fully saturated rings. The zero-order chi connectivity index (χ0) is 23.6. The van der Waals surface area contributed by atoms with Gasteiger partial charge in [-0.2, -0.15) is 4.68 Å². The lowest BCUT2D eigenvalue weighted by Crippen LogP contribution is -2.14. The van der Waals surface area contributed by atoms with Gasteiger partial charge in [0.05, 0.1) is 28.3 Å². The highest BCUT2D eigenvalue weighted by Gasteiger charge is 2.26. The first-order valence-corrected chi connectivity index (χ1v) is 10.8. The lowest BCUT2D eigenvalue weighted by Gasteiger charge is -2.06. The van der Waals surface area contributed by atoms with Crippen molar-refractivity contribution in [2.45, 2.75) is 27.3 Å². The number of thiophene rings is 1. The zero-order valence-electron chi connectivity index (χ0n) is 17.1. The standard InChI is InChI=1S/C19H17BrN4O7S/c1-4-30-19(27)14-9(2)15(10(3)25)32-18(14)21-17(26)13-6-5-11(31-13)7-23-8-12(20)16(22-23)24(28)29/h5-6,8H,4,7H2,1-3H3,(H,21,26). The fourth-order valence-corrected chi connectivity index (χ4v) is 4.43. The van der Waals surface area contributed by atoms with E-state index in [9.17, 15) is 24.5 Å². The van der Waals surface area contributed by atoms with Gasteiger partial charge in [-0.3, -0.25) is 9.59 Å². The number of carbonyl (C=O) groups is 3. The number of ether oxygens (including phenoxy) is 1. The van der Waals surface area contributed by atoms with Crippen LogP contribution in [0.4, 0.5) is 10.8 Å². The number of esters is 1. The van der Waals surface area contributed by atoms with Gasteiger partial charge in [-0.25, -0.2) is 4.79 Å². The van der Waals surface area contributed by atoms with Crippen molar-refractivity contribution in [2.24, 2.45) is 0 Å². The third kappa shape index (κ3) is 4.78. The molecule has 0 radical (unpaired) electrons. The van der Waals surface area contributed by atoms with E-state index in [0.29, 0.717) is 16.2 Å². The van der Waals surface area contributed by atoms with Gasteiger partial charge in [-0.05, 0) is 59.3 Å². The number of hydrogen-bond donors (Lipinski definition) is 1. The van der Waals surface area contributed by atoms with E-state index in [0.717, 1.165) is 11.3 Å². The largest absolute Gasteiger partial charge is 0.462 e. The predicted octanol–water partition coefficient (Wildman–Crippen LogP) is 4.20. The van der Waals surface area contributed by atoms with E-state index in [1.54, 1.807) is 13.8 Å². The van der Waals surface area contributed by atoms with Crippen LogP contribution in [0.2, 0.25) is 0 Å². The normalized spacial score (nSPS) is 10.8. The molecule has 0 unspecified atom stereocenters. The number of rotatable bonds is 8. The van der Waals surface area contributed by atoms with E-state index < -0.39 is 16.8 Å². The van der Waals surface area contributed by atoms with Crippen molar-refractivity contribution in [2.75, 3.05) is 11.9 Å². The Morgan fingerprint density at radius 3 is 2.69 bits per heavy atom. The van der Waals surface area contributed by atoms with E-state index in [2.05, 4.69) is 26.3 Å². The monoisotopic (exact) mass is 524 g/mol. The molecule has 3 aromatic heterocycles. The van der Waals surface area contributed by atoms with Gasteiger partial charge in [0.15, 0.2) is 11.5 Å². The van der Waals surface area contributed by atoms with Crippen molar-refractivity contribution in [3.63, 3.8) is 0 Å². The predicted molar refractivity (Wildman–Crippen MR) is 117 cm³/mol. The molecule has 168 valence electrons. The minimum Gasteiger partial charge on any atom is -0.462 e. The van der Waals surface area contributed by atoms with E-state index in [1.165, 1.54) is 29.9 Å². The summed E-state index contributed by atoms with van der Waals surface area (Å²) in [6.45, 7) is 4.83. The lowest BCUT2D eigenvalue weighted by atomic mass is 10.1. The van der Waals surface area contributed by atoms with E-state index >= 15 is 0 Å².